The van der Waals surface area contributed by atoms with Crippen LogP contribution in [0.15, 0.2) is 24.3 Å². The molecule has 1 aliphatic heterocycles. The predicted molar refractivity (Wildman–Crippen MR) is 73.1 cm³/mol. The summed E-state index contributed by atoms with van der Waals surface area (Å²) in [6, 6.07) is 11.3. The Morgan fingerprint density at radius 1 is 1.44 bits per heavy atom. The van der Waals surface area contributed by atoms with E-state index >= 15 is 0 Å². The molecule has 0 saturated carbocycles. The van der Waals surface area contributed by atoms with Gasteiger partial charge in [-0.25, -0.2) is 0 Å². The van der Waals surface area contributed by atoms with Gasteiger partial charge in [-0.2, -0.15) is 5.26 Å². The Balaban J connectivity index is 1.90. The van der Waals surface area contributed by atoms with Crippen LogP contribution in [0.5, 0.6) is 0 Å². The number of hydrogen-bond acceptors (Lipinski definition) is 3. The monoisotopic (exact) mass is 243 g/mol. The Labute approximate surface area is 110 Å². The van der Waals surface area contributed by atoms with E-state index in [0.717, 1.165) is 19.6 Å². The summed E-state index contributed by atoms with van der Waals surface area (Å²) in [5.74, 6) is 0. The van der Waals surface area contributed by atoms with Crippen molar-refractivity contribution in [2.75, 3.05) is 26.7 Å². The van der Waals surface area contributed by atoms with E-state index in [1.54, 1.807) is 0 Å². The molecule has 1 aromatic rings. The molecule has 3 heteroatoms. The van der Waals surface area contributed by atoms with Crippen molar-refractivity contribution < 1.29 is 0 Å². The van der Waals surface area contributed by atoms with Crippen LogP contribution in [-0.4, -0.2) is 42.5 Å². The van der Waals surface area contributed by atoms with E-state index in [-0.39, 0.29) is 0 Å². The summed E-state index contributed by atoms with van der Waals surface area (Å²) in [5, 5.41) is 8.73. The summed E-state index contributed by atoms with van der Waals surface area (Å²) in [4.78, 5) is 4.65. The minimum absolute atomic E-state index is 0.531. The molecule has 0 aliphatic carbocycles. The van der Waals surface area contributed by atoms with Gasteiger partial charge in [0.2, 0.25) is 0 Å². The second-order valence-electron chi connectivity index (χ2n) is 5.18. The fourth-order valence-electron chi connectivity index (χ4n) is 2.58. The Morgan fingerprint density at radius 2 is 2.22 bits per heavy atom. The van der Waals surface area contributed by atoms with Gasteiger partial charge in [0.25, 0.3) is 0 Å². The highest BCUT2D eigenvalue weighted by atomic mass is 15.2. The van der Waals surface area contributed by atoms with Crippen LogP contribution in [0.4, 0.5) is 0 Å². The highest BCUT2D eigenvalue weighted by Gasteiger charge is 2.25. The zero-order chi connectivity index (χ0) is 13.0. The van der Waals surface area contributed by atoms with Crippen LogP contribution >= 0.6 is 0 Å². The molecule has 1 atom stereocenters. The van der Waals surface area contributed by atoms with Crippen LogP contribution in [0.1, 0.15) is 17.5 Å². The molecule has 0 aromatic heterocycles. The summed E-state index contributed by atoms with van der Waals surface area (Å²) in [6.07, 6.45) is 1.17. The van der Waals surface area contributed by atoms with Crippen molar-refractivity contribution in [3.63, 3.8) is 0 Å². The largest absolute Gasteiger partial charge is 0.297 e. The fourth-order valence-corrected chi connectivity index (χ4v) is 2.58. The van der Waals surface area contributed by atoms with Crippen molar-refractivity contribution in [1.82, 2.24) is 9.80 Å². The fraction of sp³-hybridized carbons (Fsp3) is 0.533. The third kappa shape index (κ3) is 3.10. The third-order valence-corrected chi connectivity index (χ3v) is 3.85. The molecule has 18 heavy (non-hydrogen) atoms. The zero-order valence-corrected chi connectivity index (χ0v) is 11.3. The van der Waals surface area contributed by atoms with Crippen molar-refractivity contribution in [3.8, 4) is 6.07 Å². The average Bonchev–Trinajstić information content (AvgIpc) is 2.81. The molecule has 3 nitrogen and oxygen atoms in total. The first-order chi connectivity index (χ1) is 8.70. The Kier molecular flexibility index (Phi) is 4.35. The van der Waals surface area contributed by atoms with Crippen molar-refractivity contribution in [2.24, 2.45) is 0 Å². The van der Waals surface area contributed by atoms with Crippen LogP contribution in [-0.2, 0) is 6.54 Å². The average molecular weight is 243 g/mol. The SMILES string of the molecule is Cc1ccccc1CN1CCC(N(C)CC#N)C1. The maximum atomic E-state index is 8.73. The van der Waals surface area contributed by atoms with E-state index in [0.29, 0.717) is 12.6 Å². The smallest absolute Gasteiger partial charge is 0.0866 e. The van der Waals surface area contributed by atoms with Crippen molar-refractivity contribution in [1.29, 1.82) is 5.26 Å². The molecule has 0 N–H and O–H groups in total. The molecule has 0 amide bonds. The van der Waals surface area contributed by atoms with Gasteiger partial charge in [-0.1, -0.05) is 24.3 Å². The minimum atomic E-state index is 0.531. The van der Waals surface area contributed by atoms with E-state index in [1.807, 2.05) is 7.05 Å². The number of likely N-dealkylation sites (N-methyl/N-ethyl adjacent to an activating group) is 1. The normalized spacial score (nSPS) is 20.2. The first kappa shape index (κ1) is 13.1. The highest BCUT2D eigenvalue weighted by molar-refractivity contribution is 5.25. The molecule has 0 bridgehead atoms. The Morgan fingerprint density at radius 3 is 2.94 bits per heavy atom. The highest BCUT2D eigenvalue weighted by Crippen LogP contribution is 2.18. The predicted octanol–water partition coefficient (Wildman–Crippen LogP) is 2.02. The lowest BCUT2D eigenvalue weighted by Gasteiger charge is -2.22. The molecule has 1 aromatic carbocycles. The summed E-state index contributed by atoms with van der Waals surface area (Å²) in [5.41, 5.74) is 2.78. The van der Waals surface area contributed by atoms with E-state index < -0.39 is 0 Å². The number of hydrogen-bond donors (Lipinski definition) is 0. The van der Waals surface area contributed by atoms with E-state index in [9.17, 15) is 0 Å². The van der Waals surface area contributed by atoms with Crippen LogP contribution in [0.25, 0.3) is 0 Å². The molecule has 0 radical (unpaired) electrons. The zero-order valence-electron chi connectivity index (χ0n) is 11.3. The van der Waals surface area contributed by atoms with Crippen molar-refractivity contribution in [2.45, 2.75) is 25.9 Å². The number of aryl methyl sites for hydroxylation is 1. The molecule has 96 valence electrons. The lowest BCUT2D eigenvalue weighted by atomic mass is 10.1. The van der Waals surface area contributed by atoms with Gasteiger partial charge in [0.15, 0.2) is 0 Å². The number of likely N-dealkylation sites (tertiary alicyclic amines) is 1. The molecule has 1 unspecified atom stereocenters. The molecule has 1 heterocycles. The molecule has 2 rings (SSSR count). The van der Waals surface area contributed by atoms with Gasteiger partial charge in [-0.05, 0) is 31.5 Å². The third-order valence-electron chi connectivity index (χ3n) is 3.85. The van der Waals surface area contributed by atoms with Crippen LogP contribution < -0.4 is 0 Å². The summed E-state index contributed by atoms with van der Waals surface area (Å²) in [7, 11) is 2.05. The van der Waals surface area contributed by atoms with Gasteiger partial charge in [-0.15, -0.1) is 0 Å². The summed E-state index contributed by atoms with van der Waals surface area (Å²) < 4.78 is 0. The topological polar surface area (TPSA) is 30.3 Å². The number of nitrogens with zero attached hydrogens (tertiary/aromatic N) is 3. The second kappa shape index (κ2) is 5.99. The maximum Gasteiger partial charge on any atom is 0.0866 e. The quantitative estimate of drug-likeness (QED) is 0.758. The van der Waals surface area contributed by atoms with E-state index in [4.69, 9.17) is 5.26 Å². The van der Waals surface area contributed by atoms with E-state index in [2.05, 4.69) is 47.1 Å². The first-order valence-corrected chi connectivity index (χ1v) is 6.54. The van der Waals surface area contributed by atoms with Crippen LogP contribution in [0.2, 0.25) is 0 Å². The van der Waals surface area contributed by atoms with Gasteiger partial charge in [0.05, 0.1) is 12.6 Å². The molecule has 0 spiro atoms. The van der Waals surface area contributed by atoms with Gasteiger partial charge < -0.3 is 0 Å². The Bertz CT molecular complexity index is 436. The van der Waals surface area contributed by atoms with Crippen LogP contribution in [0, 0.1) is 18.3 Å². The first-order valence-electron chi connectivity index (χ1n) is 6.54. The number of benzene rings is 1. The Hall–Kier alpha value is -1.37. The van der Waals surface area contributed by atoms with Gasteiger partial charge in [-0.3, -0.25) is 9.80 Å². The molecule has 1 fully saturated rings. The molecule has 1 saturated heterocycles. The van der Waals surface area contributed by atoms with Crippen LogP contribution in [0.3, 0.4) is 0 Å². The van der Waals surface area contributed by atoms with Crippen molar-refractivity contribution in [3.05, 3.63) is 35.4 Å². The minimum Gasteiger partial charge on any atom is -0.297 e. The van der Waals surface area contributed by atoms with Gasteiger partial charge in [0.1, 0.15) is 0 Å². The molecular weight excluding hydrogens is 222 g/mol. The molecule has 1 aliphatic rings. The maximum absolute atomic E-state index is 8.73. The van der Waals surface area contributed by atoms with Gasteiger partial charge in [0, 0.05) is 25.7 Å². The van der Waals surface area contributed by atoms with E-state index in [1.165, 1.54) is 17.5 Å². The standard InChI is InChI=1S/C15H21N3/c1-13-5-3-4-6-14(13)11-18-9-7-15(12-18)17(2)10-8-16/h3-6,15H,7,9-12H2,1-2H3. The number of nitriles is 1. The van der Waals surface area contributed by atoms with Crippen molar-refractivity contribution >= 4 is 0 Å². The summed E-state index contributed by atoms with van der Waals surface area (Å²) in [6.45, 7) is 5.94. The number of rotatable bonds is 4. The van der Waals surface area contributed by atoms with Gasteiger partial charge >= 0.3 is 0 Å². The lowest BCUT2D eigenvalue weighted by Crippen LogP contribution is -2.34. The molecular formula is C15H21N3. The lowest BCUT2D eigenvalue weighted by molar-refractivity contribution is 0.249. The second-order valence-corrected chi connectivity index (χ2v) is 5.18. The summed E-state index contributed by atoms with van der Waals surface area (Å²) >= 11 is 0.